The fraction of sp³-hybridized carbons (Fsp3) is 0.909. The Morgan fingerprint density at radius 3 is 1.59 bits per heavy atom. The Hall–Kier alpha value is -0.940. The maximum Gasteiger partial charge on any atom is 0.313 e. The number of aliphatic hydroxyl groups excluding tert-OH is 2. The Bertz CT molecular complexity index is 315. The summed E-state index contributed by atoms with van der Waals surface area (Å²) in [5.41, 5.74) is 0. The van der Waals surface area contributed by atoms with Crippen molar-refractivity contribution in [2.75, 3.05) is 6.61 Å². The number of aliphatic hydroxyl groups is 2. The van der Waals surface area contributed by atoms with Crippen molar-refractivity contribution in [2.45, 2.75) is 124 Å². The lowest BCUT2D eigenvalue weighted by Crippen LogP contribution is -2.17. The minimum Gasteiger partial charge on any atom is -0.466 e. The first kappa shape index (κ1) is 30.8. The predicted octanol–water partition coefficient (Wildman–Crippen LogP) is 5.20. The number of esters is 1. The molecule has 0 saturated heterocycles. The van der Waals surface area contributed by atoms with Crippen LogP contribution in [0.25, 0.3) is 0 Å². The van der Waals surface area contributed by atoms with Crippen molar-refractivity contribution >= 4 is 11.8 Å². The zero-order valence-corrected chi connectivity index (χ0v) is 17.5. The molecule has 5 nitrogen and oxygen atoms in total. The molecule has 0 heterocycles. The molecule has 27 heavy (non-hydrogen) atoms. The van der Waals surface area contributed by atoms with Crippen molar-refractivity contribution in [2.24, 2.45) is 0 Å². The molecule has 0 radical (unpaired) electrons. The predicted molar refractivity (Wildman–Crippen MR) is 113 cm³/mol. The molecule has 0 aliphatic heterocycles. The lowest BCUT2D eigenvalue weighted by atomic mass is 10.0. The third-order valence-corrected chi connectivity index (χ3v) is 4.02. The topological polar surface area (TPSA) is 83.8 Å². The minimum absolute atomic E-state index is 0. The number of rotatable bonds is 15. The summed E-state index contributed by atoms with van der Waals surface area (Å²) >= 11 is 0. The fourth-order valence-corrected chi connectivity index (χ4v) is 2.58. The summed E-state index contributed by atoms with van der Waals surface area (Å²) in [5, 5.41) is 19.5. The molecule has 0 rings (SSSR count). The Kier molecular flexibility index (Phi) is 26.3. The molecule has 5 heteroatoms. The van der Waals surface area contributed by atoms with E-state index in [9.17, 15) is 19.8 Å². The van der Waals surface area contributed by atoms with Crippen molar-refractivity contribution in [1.29, 1.82) is 0 Å². The molecule has 0 spiro atoms. The van der Waals surface area contributed by atoms with E-state index in [0.29, 0.717) is 13.0 Å². The van der Waals surface area contributed by atoms with Gasteiger partial charge in [-0.05, 0) is 33.1 Å². The van der Waals surface area contributed by atoms with Gasteiger partial charge in [0, 0.05) is 0 Å². The summed E-state index contributed by atoms with van der Waals surface area (Å²) in [6, 6.07) is 0. The summed E-state index contributed by atoms with van der Waals surface area (Å²) in [5.74, 6) is -0.599. The van der Waals surface area contributed by atoms with Crippen LogP contribution in [0.2, 0.25) is 0 Å². The molecule has 2 atom stereocenters. The molecule has 164 valence electrons. The number of carbonyl (C=O) groups excluding carboxylic acids is 2. The molecule has 0 saturated carbocycles. The van der Waals surface area contributed by atoms with E-state index in [1.807, 2.05) is 0 Å². The quantitative estimate of drug-likeness (QED) is 0.228. The molecular weight excluding hydrogens is 344 g/mol. The van der Waals surface area contributed by atoms with E-state index in [4.69, 9.17) is 0 Å². The SMILES string of the molecule is C.CCCCCCC(O)CC(O)CCCCCC.CCOC(=O)CC(C)=O. The second-order valence-corrected chi connectivity index (χ2v) is 6.93. The van der Waals surface area contributed by atoms with Crippen LogP contribution in [0.3, 0.4) is 0 Å². The van der Waals surface area contributed by atoms with Crippen LogP contribution < -0.4 is 0 Å². The molecule has 0 aliphatic carbocycles. The van der Waals surface area contributed by atoms with Gasteiger partial charge in [0.2, 0.25) is 0 Å². The van der Waals surface area contributed by atoms with E-state index in [0.717, 1.165) is 25.7 Å². The average Bonchev–Trinajstić information content (AvgIpc) is 2.56. The zero-order valence-electron chi connectivity index (χ0n) is 17.5. The summed E-state index contributed by atoms with van der Waals surface area (Å²) < 4.78 is 4.49. The van der Waals surface area contributed by atoms with E-state index in [-0.39, 0.29) is 31.8 Å². The van der Waals surface area contributed by atoms with Crippen LogP contribution in [0.5, 0.6) is 0 Å². The van der Waals surface area contributed by atoms with Crippen molar-refractivity contribution in [1.82, 2.24) is 0 Å². The van der Waals surface area contributed by atoms with E-state index in [1.165, 1.54) is 45.4 Å². The molecule has 0 aromatic heterocycles. The molecule has 0 bridgehead atoms. The zero-order chi connectivity index (χ0) is 20.2. The second kappa shape index (κ2) is 23.1. The highest BCUT2D eigenvalue weighted by Crippen LogP contribution is 2.13. The highest BCUT2D eigenvalue weighted by atomic mass is 16.5. The van der Waals surface area contributed by atoms with Crippen LogP contribution in [-0.2, 0) is 14.3 Å². The van der Waals surface area contributed by atoms with Gasteiger partial charge in [-0.25, -0.2) is 0 Å². The number of ether oxygens (including phenoxy) is 1. The largest absolute Gasteiger partial charge is 0.466 e. The Balaban J connectivity index is -0.000000491. The number of carbonyl (C=O) groups is 2. The third-order valence-electron chi connectivity index (χ3n) is 4.02. The van der Waals surface area contributed by atoms with Crippen molar-refractivity contribution in [3.63, 3.8) is 0 Å². The van der Waals surface area contributed by atoms with Gasteiger partial charge in [0.05, 0.1) is 18.8 Å². The maximum atomic E-state index is 10.4. The first-order chi connectivity index (χ1) is 12.4. The first-order valence-electron chi connectivity index (χ1n) is 10.4. The van der Waals surface area contributed by atoms with Gasteiger partial charge in [0.1, 0.15) is 12.2 Å². The highest BCUT2D eigenvalue weighted by Gasteiger charge is 2.11. The van der Waals surface area contributed by atoms with Gasteiger partial charge in [-0.2, -0.15) is 0 Å². The standard InChI is InChI=1S/C15H32O2.C6H10O3.CH4/c1-3-5-7-9-11-14(16)13-15(17)12-10-8-6-4-2;1-3-9-6(8)4-5(2)7;/h14-17H,3-13H2,1-2H3;3-4H2,1-2H3;1H4. The normalized spacial score (nSPS) is 12.2. The highest BCUT2D eigenvalue weighted by molar-refractivity contribution is 5.94. The monoisotopic (exact) mass is 390 g/mol. The minimum atomic E-state index is -0.440. The van der Waals surface area contributed by atoms with Crippen LogP contribution >= 0.6 is 0 Å². The lowest BCUT2D eigenvalue weighted by molar-refractivity contribution is -0.145. The van der Waals surface area contributed by atoms with Crippen molar-refractivity contribution in [3.8, 4) is 0 Å². The average molecular weight is 391 g/mol. The van der Waals surface area contributed by atoms with E-state index in [1.54, 1.807) is 6.92 Å². The Morgan fingerprint density at radius 2 is 1.26 bits per heavy atom. The maximum absolute atomic E-state index is 10.4. The molecule has 0 aromatic carbocycles. The number of hydrogen-bond acceptors (Lipinski definition) is 5. The van der Waals surface area contributed by atoms with Gasteiger partial charge in [0.25, 0.3) is 0 Å². The summed E-state index contributed by atoms with van der Waals surface area (Å²) in [4.78, 5) is 20.6. The van der Waals surface area contributed by atoms with Crippen molar-refractivity contribution < 1.29 is 24.5 Å². The van der Waals surface area contributed by atoms with E-state index < -0.39 is 5.97 Å². The molecule has 0 amide bonds. The van der Waals surface area contributed by atoms with Gasteiger partial charge >= 0.3 is 5.97 Å². The van der Waals surface area contributed by atoms with Gasteiger partial charge < -0.3 is 14.9 Å². The Labute approximate surface area is 167 Å². The van der Waals surface area contributed by atoms with E-state index >= 15 is 0 Å². The first-order valence-corrected chi connectivity index (χ1v) is 10.4. The lowest BCUT2D eigenvalue weighted by Gasteiger charge is -2.15. The summed E-state index contributed by atoms with van der Waals surface area (Å²) in [6.07, 6.45) is 11.2. The molecular formula is C22H46O5. The molecule has 0 aliphatic rings. The summed E-state index contributed by atoms with van der Waals surface area (Å²) in [7, 11) is 0. The molecule has 0 fully saturated rings. The molecule has 2 unspecified atom stereocenters. The van der Waals surface area contributed by atoms with Gasteiger partial charge in [0.15, 0.2) is 0 Å². The van der Waals surface area contributed by atoms with Crippen LogP contribution in [0.1, 0.15) is 112 Å². The van der Waals surface area contributed by atoms with Gasteiger partial charge in [-0.1, -0.05) is 72.6 Å². The Morgan fingerprint density at radius 1 is 0.815 bits per heavy atom. The summed E-state index contributed by atoms with van der Waals surface area (Å²) in [6.45, 7) is 7.79. The van der Waals surface area contributed by atoms with Crippen LogP contribution in [0.15, 0.2) is 0 Å². The van der Waals surface area contributed by atoms with Crippen LogP contribution in [0.4, 0.5) is 0 Å². The number of Topliss-reactive ketones (excluding diaryl/α,β-unsaturated/α-hetero) is 1. The fourth-order valence-electron chi connectivity index (χ4n) is 2.58. The van der Waals surface area contributed by atoms with Crippen LogP contribution in [-0.4, -0.2) is 40.8 Å². The smallest absolute Gasteiger partial charge is 0.313 e. The number of ketones is 1. The molecule has 2 N–H and O–H groups in total. The third kappa shape index (κ3) is 27.4. The number of hydrogen-bond donors (Lipinski definition) is 2. The number of unbranched alkanes of at least 4 members (excludes halogenated alkanes) is 6. The van der Waals surface area contributed by atoms with Gasteiger partial charge in [-0.3, -0.25) is 9.59 Å². The van der Waals surface area contributed by atoms with Crippen LogP contribution in [0, 0.1) is 0 Å². The van der Waals surface area contributed by atoms with E-state index in [2.05, 4.69) is 18.6 Å². The molecule has 0 aromatic rings. The van der Waals surface area contributed by atoms with Gasteiger partial charge in [-0.15, -0.1) is 0 Å². The second-order valence-electron chi connectivity index (χ2n) is 6.93. The van der Waals surface area contributed by atoms with Crippen molar-refractivity contribution in [3.05, 3.63) is 0 Å².